The van der Waals surface area contributed by atoms with Crippen molar-refractivity contribution in [2.24, 2.45) is 0 Å². The highest BCUT2D eigenvalue weighted by molar-refractivity contribution is 6.16. The molecular formula is C16H17NO5. The molecular weight excluding hydrogens is 286 g/mol. The third-order valence-electron chi connectivity index (χ3n) is 3.30. The van der Waals surface area contributed by atoms with Gasteiger partial charge >= 0.3 is 5.97 Å². The third-order valence-corrected chi connectivity index (χ3v) is 3.30. The molecule has 22 heavy (non-hydrogen) atoms. The number of nitrogens with one attached hydrogen (secondary N) is 1. The number of carbonyl (C=O) groups excluding carboxylic acids is 2. The molecule has 0 spiro atoms. The van der Waals surface area contributed by atoms with E-state index in [1.807, 2.05) is 0 Å². The molecule has 1 aromatic rings. The van der Waals surface area contributed by atoms with Gasteiger partial charge in [0.05, 0.1) is 32.5 Å². The first-order chi connectivity index (χ1) is 10.5. The second-order valence-electron chi connectivity index (χ2n) is 4.62. The zero-order chi connectivity index (χ0) is 16.3. The molecule has 0 saturated carbocycles. The average molecular weight is 303 g/mol. The van der Waals surface area contributed by atoms with Gasteiger partial charge in [-0.1, -0.05) is 6.07 Å². The summed E-state index contributed by atoms with van der Waals surface area (Å²) < 4.78 is 15.1. The van der Waals surface area contributed by atoms with Crippen LogP contribution in [0.2, 0.25) is 0 Å². The van der Waals surface area contributed by atoms with Crippen LogP contribution in [0.15, 0.2) is 35.0 Å². The Hall–Kier alpha value is -2.76. The number of rotatable bonds is 4. The molecule has 1 aliphatic rings. The second kappa shape index (κ2) is 6.34. The maximum Gasteiger partial charge on any atom is 0.340 e. The number of benzene rings is 1. The number of ether oxygens (including phenoxy) is 3. The molecule has 2 rings (SSSR count). The van der Waals surface area contributed by atoms with Gasteiger partial charge in [0.25, 0.3) is 5.91 Å². The summed E-state index contributed by atoms with van der Waals surface area (Å²) in [6.45, 7) is 1.65. The summed E-state index contributed by atoms with van der Waals surface area (Å²) in [5, 5.41) is 2.62. The third kappa shape index (κ3) is 2.81. The number of methoxy groups -OCH3 is 3. The van der Waals surface area contributed by atoms with Crippen LogP contribution in [-0.2, 0) is 14.3 Å². The van der Waals surface area contributed by atoms with E-state index < -0.39 is 5.97 Å². The molecule has 0 unspecified atom stereocenters. The minimum absolute atomic E-state index is 0.238. The first-order valence-corrected chi connectivity index (χ1v) is 6.56. The van der Waals surface area contributed by atoms with Crippen LogP contribution in [0.4, 0.5) is 0 Å². The van der Waals surface area contributed by atoms with Crippen LogP contribution in [0, 0.1) is 0 Å². The number of carbonyl (C=O) groups is 2. The zero-order valence-electron chi connectivity index (χ0n) is 12.9. The summed E-state index contributed by atoms with van der Waals surface area (Å²) in [5.74, 6) is 0.228. The van der Waals surface area contributed by atoms with Crippen molar-refractivity contribution in [2.75, 3.05) is 21.3 Å². The molecule has 0 aliphatic carbocycles. The highest BCUT2D eigenvalue weighted by atomic mass is 16.5. The van der Waals surface area contributed by atoms with E-state index in [2.05, 4.69) is 5.32 Å². The predicted octanol–water partition coefficient (Wildman–Crippen LogP) is 1.66. The maximum absolute atomic E-state index is 12.0. The quantitative estimate of drug-likeness (QED) is 0.676. The van der Waals surface area contributed by atoms with Gasteiger partial charge in [-0.05, 0) is 30.7 Å². The van der Waals surface area contributed by atoms with Crippen molar-refractivity contribution >= 4 is 18.0 Å². The highest BCUT2D eigenvalue weighted by Gasteiger charge is 2.30. The lowest BCUT2D eigenvalue weighted by atomic mass is 10.0. The highest BCUT2D eigenvalue weighted by Crippen LogP contribution is 2.30. The molecule has 0 fully saturated rings. The normalized spacial score (nSPS) is 15.8. The zero-order valence-corrected chi connectivity index (χ0v) is 12.9. The predicted molar refractivity (Wildman–Crippen MR) is 80.4 cm³/mol. The van der Waals surface area contributed by atoms with Gasteiger partial charge in [-0.25, -0.2) is 4.79 Å². The summed E-state index contributed by atoms with van der Waals surface area (Å²) in [4.78, 5) is 23.8. The maximum atomic E-state index is 12.0. The van der Waals surface area contributed by atoms with Gasteiger partial charge in [0, 0.05) is 5.70 Å². The fourth-order valence-electron chi connectivity index (χ4n) is 2.23. The lowest BCUT2D eigenvalue weighted by Crippen LogP contribution is -2.15. The molecule has 6 nitrogen and oxygen atoms in total. The standard InChI is InChI=1S/C16H17NO5/c1-9-14(16(19)22-4)11(15(18)17-9)7-10-5-6-12(20-2)13(8-10)21-3/h5-8H,1-4H3,(H,17,18)/b11-7-. The summed E-state index contributed by atoms with van der Waals surface area (Å²) in [6, 6.07) is 5.22. The number of hydrogen-bond acceptors (Lipinski definition) is 5. The summed E-state index contributed by atoms with van der Waals surface area (Å²) in [6.07, 6.45) is 1.61. The fourth-order valence-corrected chi connectivity index (χ4v) is 2.23. The van der Waals surface area contributed by atoms with Crippen molar-refractivity contribution in [3.8, 4) is 11.5 Å². The van der Waals surface area contributed by atoms with Gasteiger partial charge in [0.1, 0.15) is 0 Å². The monoisotopic (exact) mass is 303 g/mol. The van der Waals surface area contributed by atoms with Crippen molar-refractivity contribution in [1.82, 2.24) is 5.32 Å². The molecule has 1 N–H and O–H groups in total. The van der Waals surface area contributed by atoms with Crippen molar-refractivity contribution in [3.05, 3.63) is 40.6 Å². The van der Waals surface area contributed by atoms with Gasteiger partial charge in [-0.15, -0.1) is 0 Å². The average Bonchev–Trinajstić information content (AvgIpc) is 2.80. The van der Waals surface area contributed by atoms with Crippen molar-refractivity contribution in [1.29, 1.82) is 0 Å². The Morgan fingerprint density at radius 1 is 1.14 bits per heavy atom. The number of allylic oxidation sites excluding steroid dienone is 1. The van der Waals surface area contributed by atoms with Gasteiger partial charge in [0.15, 0.2) is 11.5 Å². The Kier molecular flexibility index (Phi) is 4.50. The van der Waals surface area contributed by atoms with E-state index in [1.165, 1.54) is 14.2 Å². The van der Waals surface area contributed by atoms with Crippen LogP contribution in [0.1, 0.15) is 12.5 Å². The van der Waals surface area contributed by atoms with Crippen molar-refractivity contribution in [3.63, 3.8) is 0 Å². The molecule has 116 valence electrons. The van der Waals surface area contributed by atoms with Gasteiger partial charge in [-0.2, -0.15) is 0 Å². The lowest BCUT2D eigenvalue weighted by Gasteiger charge is -2.08. The first-order valence-electron chi connectivity index (χ1n) is 6.56. The van der Waals surface area contributed by atoms with Crippen LogP contribution in [0.3, 0.4) is 0 Å². The molecule has 0 aromatic heterocycles. The molecule has 0 saturated heterocycles. The summed E-state index contributed by atoms with van der Waals surface area (Å²) in [5.41, 5.74) is 1.68. The minimum atomic E-state index is -0.553. The van der Waals surface area contributed by atoms with E-state index in [0.717, 1.165) is 0 Å². The Bertz CT molecular complexity index is 688. The van der Waals surface area contributed by atoms with E-state index in [-0.39, 0.29) is 17.1 Å². The number of hydrogen-bond donors (Lipinski definition) is 1. The molecule has 1 aromatic carbocycles. The van der Waals surface area contributed by atoms with E-state index in [0.29, 0.717) is 22.8 Å². The van der Waals surface area contributed by atoms with Crippen LogP contribution < -0.4 is 14.8 Å². The SMILES string of the molecule is COC(=O)C1=C(C)NC(=O)/C1=C\c1ccc(OC)c(OC)c1. The van der Waals surface area contributed by atoms with Gasteiger partial charge in [-0.3, -0.25) is 4.79 Å². The Morgan fingerprint density at radius 3 is 2.41 bits per heavy atom. The smallest absolute Gasteiger partial charge is 0.340 e. The van der Waals surface area contributed by atoms with Crippen molar-refractivity contribution < 1.29 is 23.8 Å². The Labute approximate surface area is 128 Å². The first kappa shape index (κ1) is 15.6. The van der Waals surface area contributed by atoms with Crippen LogP contribution in [0.5, 0.6) is 11.5 Å². The van der Waals surface area contributed by atoms with Crippen LogP contribution in [0.25, 0.3) is 6.08 Å². The largest absolute Gasteiger partial charge is 0.493 e. The van der Waals surface area contributed by atoms with E-state index in [1.54, 1.807) is 38.3 Å². The number of amides is 1. The molecule has 1 heterocycles. The van der Waals surface area contributed by atoms with Gasteiger partial charge in [0.2, 0.25) is 0 Å². The van der Waals surface area contributed by atoms with E-state index in [9.17, 15) is 9.59 Å². The minimum Gasteiger partial charge on any atom is -0.493 e. The Balaban J connectivity index is 2.47. The summed E-state index contributed by atoms with van der Waals surface area (Å²) >= 11 is 0. The number of esters is 1. The molecule has 0 atom stereocenters. The second-order valence-corrected chi connectivity index (χ2v) is 4.62. The van der Waals surface area contributed by atoms with E-state index >= 15 is 0 Å². The van der Waals surface area contributed by atoms with Crippen LogP contribution >= 0.6 is 0 Å². The molecule has 6 heteroatoms. The van der Waals surface area contributed by atoms with E-state index in [4.69, 9.17) is 14.2 Å². The van der Waals surface area contributed by atoms with Crippen molar-refractivity contribution in [2.45, 2.75) is 6.92 Å². The molecule has 0 radical (unpaired) electrons. The molecule has 1 amide bonds. The lowest BCUT2D eigenvalue weighted by molar-refractivity contribution is -0.136. The fraction of sp³-hybridized carbons (Fsp3) is 0.250. The Morgan fingerprint density at radius 2 is 1.82 bits per heavy atom. The molecule has 1 aliphatic heterocycles. The van der Waals surface area contributed by atoms with Gasteiger partial charge < -0.3 is 19.5 Å². The molecule has 0 bridgehead atoms. The topological polar surface area (TPSA) is 73.9 Å². The summed E-state index contributed by atoms with van der Waals surface area (Å²) in [7, 11) is 4.35. The van der Waals surface area contributed by atoms with Crippen LogP contribution in [-0.4, -0.2) is 33.2 Å².